The first kappa shape index (κ1) is 84.2. The largest absolute Gasteiger partial charge is 0.756 e. The van der Waals surface area contributed by atoms with Crippen molar-refractivity contribution in [1.29, 1.82) is 0 Å². The van der Waals surface area contributed by atoms with Gasteiger partial charge in [0.1, 0.15) is 13.2 Å². The van der Waals surface area contributed by atoms with Gasteiger partial charge in [-0.05, 0) is 83.5 Å². The number of unbranched alkanes of at least 4 members (excludes halogenated alkanes) is 36. The Kier molecular flexibility index (Phi) is 65.3. The Balaban J connectivity index is 4.06. The Morgan fingerprint density at radius 3 is 1.02 bits per heavy atom. The maximum absolute atomic E-state index is 13.1. The maximum atomic E-state index is 13.1. The number of carbonyl (C=O) groups is 1. The lowest BCUT2D eigenvalue weighted by atomic mass is 10.0. The van der Waals surface area contributed by atoms with E-state index in [4.69, 9.17) is 9.05 Å². The highest BCUT2D eigenvalue weighted by Crippen LogP contribution is 2.38. The summed E-state index contributed by atoms with van der Waals surface area (Å²) in [5.74, 6) is -0.168. The van der Waals surface area contributed by atoms with Gasteiger partial charge in [0.2, 0.25) is 5.91 Å². The second kappa shape index (κ2) is 67.6. The van der Waals surface area contributed by atoms with Crippen molar-refractivity contribution in [3.05, 3.63) is 109 Å². The third-order valence-corrected chi connectivity index (χ3v) is 17.2. The number of nitrogens with one attached hydrogen (secondary N) is 1. The zero-order chi connectivity index (χ0) is 63.4. The van der Waals surface area contributed by atoms with E-state index < -0.39 is 20.0 Å². The summed E-state index contributed by atoms with van der Waals surface area (Å²) < 4.78 is 23.6. The number of phosphoric ester groups is 1. The van der Waals surface area contributed by atoms with Crippen LogP contribution in [-0.4, -0.2) is 68.5 Å². The molecule has 0 rings (SSSR count). The molecule has 0 saturated carbocycles. The van der Waals surface area contributed by atoms with Crippen LogP contribution in [-0.2, 0) is 18.4 Å². The smallest absolute Gasteiger partial charge is 0.268 e. The van der Waals surface area contributed by atoms with Crippen molar-refractivity contribution in [3.8, 4) is 0 Å². The molecule has 0 heterocycles. The van der Waals surface area contributed by atoms with Crippen molar-refractivity contribution in [1.82, 2.24) is 5.32 Å². The van der Waals surface area contributed by atoms with Gasteiger partial charge in [0.05, 0.1) is 39.9 Å². The van der Waals surface area contributed by atoms with Gasteiger partial charge in [0, 0.05) is 6.42 Å². The Hall–Kier alpha value is -2.84. The Labute approximate surface area is 540 Å². The molecular formula is C78H141N2O6P. The van der Waals surface area contributed by atoms with Crippen molar-refractivity contribution in [2.24, 2.45) is 0 Å². The Morgan fingerprint density at radius 2 is 0.701 bits per heavy atom. The first-order valence-corrected chi connectivity index (χ1v) is 38.2. The molecule has 9 heteroatoms. The van der Waals surface area contributed by atoms with Gasteiger partial charge >= 0.3 is 0 Å². The van der Waals surface area contributed by atoms with Crippen molar-refractivity contribution < 1.29 is 32.9 Å². The quantitative estimate of drug-likeness (QED) is 0.0272. The first-order valence-electron chi connectivity index (χ1n) is 36.7. The molecule has 0 aliphatic carbocycles. The molecule has 0 aromatic rings. The second-order valence-electron chi connectivity index (χ2n) is 25.9. The lowest BCUT2D eigenvalue weighted by Crippen LogP contribution is -2.46. The second-order valence-corrected chi connectivity index (χ2v) is 27.3. The van der Waals surface area contributed by atoms with E-state index in [9.17, 15) is 19.4 Å². The molecule has 8 nitrogen and oxygen atoms in total. The standard InChI is InChI=1S/C78H141N2O6P/c1-6-8-10-12-14-16-18-20-22-24-26-28-30-32-34-35-36-37-38-39-40-41-42-43-44-45-46-48-50-52-54-56-58-60-62-64-66-68-70-72-78(82)79-76(75-86-87(83,84)85-74-73-80(3,4)5)77(81)71-69-67-65-63-61-59-57-55-53-51-49-47-33-31-29-27-25-23-21-19-17-15-13-11-9-7-2/h8,10,14,16,20,22,26,28,32,34,36-37,39-40,42-43,45-46,76-77,81H,6-7,9,11-13,15,17-19,21,23-25,27,29-31,33,35,38,41,44,47-75H2,1-5H3,(H-,79,82,83,84)/b10-8-,16-14-,22-20-,28-26-,34-32-,37-36-,40-39-,43-42-,46-45-. The van der Waals surface area contributed by atoms with Crippen LogP contribution in [0.4, 0.5) is 0 Å². The SMILES string of the molecule is CC/C=C\C/C=C\C/C=C\C/C=C\C/C=C\C/C=C\C/C=C\C/C=C\C/C=C\CCCCCCCCCCCCCC(=O)NC(COP(=O)([O-])OCC[N+](C)(C)C)C(O)CCCCCCCCCCCCCCCCCCCCCCCCCCCC. The van der Waals surface area contributed by atoms with Gasteiger partial charge in [-0.3, -0.25) is 9.36 Å². The summed E-state index contributed by atoms with van der Waals surface area (Å²) in [5, 5.41) is 14.1. The zero-order valence-corrected chi connectivity index (χ0v) is 58.6. The summed E-state index contributed by atoms with van der Waals surface area (Å²) in [5.41, 5.74) is 0. The van der Waals surface area contributed by atoms with Crippen LogP contribution < -0.4 is 10.2 Å². The fourth-order valence-electron chi connectivity index (χ4n) is 10.6. The molecule has 1 amide bonds. The highest BCUT2D eigenvalue weighted by molar-refractivity contribution is 7.45. The third kappa shape index (κ3) is 70.5. The van der Waals surface area contributed by atoms with E-state index in [1.165, 1.54) is 205 Å². The Morgan fingerprint density at radius 1 is 0.414 bits per heavy atom. The average molecular weight is 1230 g/mol. The molecule has 504 valence electrons. The van der Waals surface area contributed by atoms with Crippen LogP contribution in [0.15, 0.2) is 109 Å². The molecular weight excluding hydrogens is 1090 g/mol. The minimum atomic E-state index is -4.59. The number of hydrogen-bond acceptors (Lipinski definition) is 6. The van der Waals surface area contributed by atoms with Crippen molar-refractivity contribution >= 4 is 13.7 Å². The van der Waals surface area contributed by atoms with Gasteiger partial charge in [-0.25, -0.2) is 0 Å². The maximum Gasteiger partial charge on any atom is 0.268 e. The van der Waals surface area contributed by atoms with Crippen molar-refractivity contribution in [3.63, 3.8) is 0 Å². The number of likely N-dealkylation sites (N-methyl/N-ethyl adjacent to an activating group) is 1. The fourth-order valence-corrected chi connectivity index (χ4v) is 11.3. The highest BCUT2D eigenvalue weighted by Gasteiger charge is 2.24. The molecule has 0 aliphatic rings. The number of quaternary nitrogens is 1. The normalized spacial score (nSPS) is 14.2. The third-order valence-electron chi connectivity index (χ3n) is 16.3. The van der Waals surface area contributed by atoms with Crippen molar-refractivity contribution in [2.75, 3.05) is 40.9 Å². The molecule has 0 fully saturated rings. The molecule has 2 N–H and O–H groups in total. The zero-order valence-electron chi connectivity index (χ0n) is 57.7. The summed E-state index contributed by atoms with van der Waals surface area (Å²) in [4.78, 5) is 25.7. The number of allylic oxidation sites excluding steroid dienone is 18. The number of amides is 1. The molecule has 0 spiro atoms. The van der Waals surface area contributed by atoms with Crippen LogP contribution in [0.1, 0.15) is 328 Å². The number of nitrogens with zero attached hydrogens (tertiary/aromatic N) is 1. The van der Waals surface area contributed by atoms with Crippen LogP contribution in [0.25, 0.3) is 0 Å². The number of phosphoric acid groups is 1. The summed E-state index contributed by atoms with van der Waals surface area (Å²) in [6.07, 6.45) is 98.8. The minimum absolute atomic E-state index is 0.00819. The summed E-state index contributed by atoms with van der Waals surface area (Å²) in [6, 6.07) is -0.811. The van der Waals surface area contributed by atoms with Gasteiger partial charge in [-0.15, -0.1) is 0 Å². The van der Waals surface area contributed by atoms with E-state index >= 15 is 0 Å². The summed E-state index contributed by atoms with van der Waals surface area (Å²) >= 11 is 0. The highest BCUT2D eigenvalue weighted by atomic mass is 31.2. The van der Waals surface area contributed by atoms with E-state index in [2.05, 4.69) is 129 Å². The van der Waals surface area contributed by atoms with E-state index in [0.717, 1.165) is 96.3 Å². The molecule has 3 atom stereocenters. The lowest BCUT2D eigenvalue weighted by Gasteiger charge is -2.30. The van der Waals surface area contributed by atoms with Crippen LogP contribution >= 0.6 is 7.82 Å². The predicted molar refractivity (Wildman–Crippen MR) is 380 cm³/mol. The Bertz CT molecular complexity index is 1790. The van der Waals surface area contributed by atoms with Crippen LogP contribution in [0.3, 0.4) is 0 Å². The van der Waals surface area contributed by atoms with Crippen LogP contribution in [0.5, 0.6) is 0 Å². The molecule has 3 unspecified atom stereocenters. The minimum Gasteiger partial charge on any atom is -0.756 e. The number of hydrogen-bond donors (Lipinski definition) is 2. The molecule has 0 aromatic heterocycles. The van der Waals surface area contributed by atoms with E-state index in [0.29, 0.717) is 23.9 Å². The van der Waals surface area contributed by atoms with Gasteiger partial charge in [-0.2, -0.15) is 0 Å². The summed E-state index contributed by atoms with van der Waals surface area (Å²) in [6.45, 7) is 4.64. The molecule has 87 heavy (non-hydrogen) atoms. The van der Waals surface area contributed by atoms with Gasteiger partial charge in [0.15, 0.2) is 0 Å². The monoisotopic (exact) mass is 1230 g/mol. The number of rotatable bonds is 67. The molecule has 0 aromatic carbocycles. The van der Waals surface area contributed by atoms with E-state index in [-0.39, 0.29) is 19.1 Å². The predicted octanol–water partition coefficient (Wildman–Crippen LogP) is 23.2. The molecule has 0 radical (unpaired) electrons. The van der Waals surface area contributed by atoms with E-state index in [1.807, 2.05) is 21.1 Å². The van der Waals surface area contributed by atoms with Gasteiger partial charge in [0.25, 0.3) is 7.82 Å². The van der Waals surface area contributed by atoms with Gasteiger partial charge in [-0.1, -0.05) is 348 Å². The number of aliphatic hydroxyl groups is 1. The number of aliphatic hydroxyl groups excluding tert-OH is 1. The molecule has 0 saturated heterocycles. The summed E-state index contributed by atoms with van der Waals surface area (Å²) in [7, 11) is 1.30. The fraction of sp³-hybridized carbons (Fsp3) is 0.756. The van der Waals surface area contributed by atoms with Gasteiger partial charge < -0.3 is 28.8 Å². The van der Waals surface area contributed by atoms with E-state index in [1.54, 1.807) is 0 Å². The number of carbonyl (C=O) groups excluding carboxylic acids is 1. The molecule has 0 bridgehead atoms. The first-order chi connectivity index (χ1) is 42.5. The lowest BCUT2D eigenvalue weighted by molar-refractivity contribution is -0.870. The molecule has 0 aliphatic heterocycles. The van der Waals surface area contributed by atoms with Crippen LogP contribution in [0.2, 0.25) is 0 Å². The van der Waals surface area contributed by atoms with Crippen LogP contribution in [0, 0.1) is 0 Å². The van der Waals surface area contributed by atoms with Crippen molar-refractivity contribution in [2.45, 2.75) is 341 Å². The topological polar surface area (TPSA) is 108 Å². The average Bonchev–Trinajstić information content (AvgIpc) is 3.69.